The van der Waals surface area contributed by atoms with Gasteiger partial charge in [-0.3, -0.25) is 18.4 Å². The highest BCUT2D eigenvalue weighted by molar-refractivity contribution is 6.03. The molecule has 69 heavy (non-hydrogen) atoms. The van der Waals surface area contributed by atoms with Crippen LogP contribution in [0.5, 0.6) is 34.5 Å². The number of carbonyl (C=O) groups excluding carboxylic acids is 3. The molecule has 15 nitrogen and oxygen atoms in total. The van der Waals surface area contributed by atoms with Gasteiger partial charge in [-0.25, -0.2) is 14.8 Å². The topological polar surface area (TPSA) is 171 Å². The number of hydrogen-bond acceptors (Lipinski definition) is 13. The molecule has 4 heterocycles. The zero-order valence-electron chi connectivity index (χ0n) is 39.2. The molecule has 4 aromatic heterocycles. The molecule has 0 amide bonds. The molecule has 0 saturated heterocycles. The summed E-state index contributed by atoms with van der Waals surface area (Å²) in [4.78, 5) is 46.6. The van der Waals surface area contributed by atoms with Crippen molar-refractivity contribution in [1.82, 2.24) is 18.8 Å². The summed E-state index contributed by atoms with van der Waals surface area (Å²) in [7, 11) is 2.77. The van der Waals surface area contributed by atoms with Crippen LogP contribution in [0.4, 0.5) is 17.6 Å². The number of benzene rings is 2. The number of carbonyl (C=O) groups is 3. The Morgan fingerprint density at radius 1 is 0.681 bits per heavy atom. The number of ether oxygens (including phenoxy) is 7. The number of aliphatic hydroxyl groups is 1. The SMILES string of the molecule is CCOC(=O)C(C)(C)Oc1ccn2c(-c3cc(OC)c(C(=O)CC4CC4)c(OC(F)F)c3)cnc2c1.COc1cc(-c2cnc3cc(OC(C)(C)CO)ccn23)cc(OC(F)F)c1C(=O)CC1CC1. The number of pyridine rings is 2. The number of ketones is 2. The van der Waals surface area contributed by atoms with Gasteiger partial charge in [0.1, 0.15) is 62.5 Å². The molecule has 19 heteroatoms. The summed E-state index contributed by atoms with van der Waals surface area (Å²) < 4.78 is 93.3. The van der Waals surface area contributed by atoms with Crippen LogP contribution in [0, 0.1) is 11.8 Å². The number of aromatic nitrogens is 4. The maximum atomic E-state index is 13.2. The Kier molecular flexibility index (Phi) is 15.0. The molecule has 368 valence electrons. The van der Waals surface area contributed by atoms with Gasteiger partial charge in [-0.1, -0.05) is 0 Å². The van der Waals surface area contributed by atoms with Crippen LogP contribution in [-0.2, 0) is 9.53 Å². The average Bonchev–Trinajstić information content (AvgIpc) is 4.21. The highest BCUT2D eigenvalue weighted by Crippen LogP contribution is 2.42. The number of fused-ring (bicyclic) bond motifs is 2. The Balaban J connectivity index is 0.000000205. The van der Waals surface area contributed by atoms with Crippen LogP contribution in [0.3, 0.4) is 0 Å². The van der Waals surface area contributed by atoms with Gasteiger partial charge < -0.3 is 38.3 Å². The lowest BCUT2D eigenvalue weighted by Gasteiger charge is -2.24. The summed E-state index contributed by atoms with van der Waals surface area (Å²) in [5.74, 6) is 0.288. The van der Waals surface area contributed by atoms with E-state index in [0.29, 0.717) is 45.3 Å². The lowest BCUT2D eigenvalue weighted by molar-refractivity contribution is -0.158. The highest BCUT2D eigenvalue weighted by atomic mass is 19.3. The number of hydrogen-bond donors (Lipinski definition) is 1. The molecule has 0 unspecified atom stereocenters. The lowest BCUT2D eigenvalue weighted by atomic mass is 10.00. The van der Waals surface area contributed by atoms with Gasteiger partial charge in [-0.2, -0.15) is 17.6 Å². The van der Waals surface area contributed by atoms with Gasteiger partial charge in [-0.05, 0) is 109 Å². The summed E-state index contributed by atoms with van der Waals surface area (Å²) in [5, 5.41) is 9.43. The van der Waals surface area contributed by atoms with Gasteiger partial charge in [-0.15, -0.1) is 0 Å². The largest absolute Gasteiger partial charge is 0.496 e. The van der Waals surface area contributed by atoms with Gasteiger partial charge in [0.25, 0.3) is 0 Å². The van der Waals surface area contributed by atoms with Crippen molar-refractivity contribution in [3.8, 4) is 57.0 Å². The maximum absolute atomic E-state index is 13.2. The Bertz CT molecular complexity index is 2830. The minimum absolute atomic E-state index is 0.0131. The molecule has 0 bridgehead atoms. The summed E-state index contributed by atoms with van der Waals surface area (Å²) in [5.41, 5.74) is 1.25. The summed E-state index contributed by atoms with van der Waals surface area (Å²) in [6, 6.07) is 12.8. The average molecular weight is 963 g/mol. The number of aliphatic hydroxyl groups excluding tert-OH is 1. The van der Waals surface area contributed by atoms with E-state index < -0.39 is 30.4 Å². The third-order valence-corrected chi connectivity index (χ3v) is 11.4. The van der Waals surface area contributed by atoms with Crippen LogP contribution in [0.15, 0.2) is 73.3 Å². The molecule has 0 aliphatic heterocycles. The van der Waals surface area contributed by atoms with E-state index >= 15 is 0 Å². The zero-order valence-corrected chi connectivity index (χ0v) is 39.2. The van der Waals surface area contributed by atoms with E-state index in [1.807, 2.05) is 0 Å². The maximum Gasteiger partial charge on any atom is 0.387 e. The molecule has 0 radical (unpaired) electrons. The van der Waals surface area contributed by atoms with E-state index in [-0.39, 0.29) is 83.6 Å². The summed E-state index contributed by atoms with van der Waals surface area (Å²) in [6.45, 7) is 2.33. The van der Waals surface area contributed by atoms with E-state index in [1.54, 1.807) is 105 Å². The number of esters is 1. The van der Waals surface area contributed by atoms with Crippen LogP contribution in [-0.4, -0.2) is 93.3 Å². The number of nitrogens with zero attached hydrogens (tertiary/aromatic N) is 4. The molecule has 1 N–H and O–H groups in total. The van der Waals surface area contributed by atoms with Crippen LogP contribution in [0.1, 0.15) is 93.9 Å². The first-order valence-electron chi connectivity index (χ1n) is 22.3. The minimum atomic E-state index is -3.11. The number of imidazole rings is 2. The summed E-state index contributed by atoms with van der Waals surface area (Å²) in [6.07, 6.45) is 10.9. The first-order chi connectivity index (χ1) is 32.8. The normalized spacial score (nSPS) is 13.8. The number of methoxy groups -OCH3 is 2. The van der Waals surface area contributed by atoms with Crippen molar-refractivity contribution in [3.05, 3.63) is 84.4 Å². The number of rotatable bonds is 21. The monoisotopic (exact) mass is 962 g/mol. The molecular formula is C50H54F4N4O11. The third-order valence-electron chi connectivity index (χ3n) is 11.4. The zero-order chi connectivity index (χ0) is 49.8. The van der Waals surface area contributed by atoms with Gasteiger partial charge in [0.05, 0.1) is 51.2 Å². The van der Waals surface area contributed by atoms with E-state index in [0.717, 1.165) is 25.7 Å². The Morgan fingerprint density at radius 3 is 1.48 bits per heavy atom. The number of alkyl halides is 4. The van der Waals surface area contributed by atoms with Crippen molar-refractivity contribution in [2.24, 2.45) is 11.8 Å². The van der Waals surface area contributed by atoms with Gasteiger partial charge in [0, 0.05) is 48.5 Å². The predicted octanol–water partition coefficient (Wildman–Crippen LogP) is 10.1. The van der Waals surface area contributed by atoms with E-state index in [4.69, 9.17) is 33.2 Å². The highest BCUT2D eigenvalue weighted by Gasteiger charge is 2.33. The van der Waals surface area contributed by atoms with Crippen molar-refractivity contribution in [2.75, 3.05) is 27.4 Å². The predicted molar refractivity (Wildman–Crippen MR) is 244 cm³/mol. The molecule has 2 fully saturated rings. The number of halogens is 4. The molecule has 2 aliphatic carbocycles. The molecule has 2 aromatic carbocycles. The van der Waals surface area contributed by atoms with Crippen molar-refractivity contribution in [2.45, 2.75) is 97.6 Å². The molecule has 6 aromatic rings. The quantitative estimate of drug-likeness (QED) is 0.0411. The Labute approximate surface area is 395 Å². The minimum Gasteiger partial charge on any atom is -0.496 e. The molecule has 2 aliphatic rings. The standard InChI is InChI=1S/C26H28F2N2O6.C24H26F2N2O5/c1-5-34-24(32)26(2,3)36-17-8-9-30-18(14-29-22(30)13-17)16-11-20(33-4)23(19(31)10-15-6-7-15)21(12-16)35-25(27)28;1-24(2,13-29)33-16-6-7-28-17(12-27-21(28)11-16)15-9-19(31-3)22(18(30)8-14-4-5-14)20(10-15)32-23(25)26/h8-9,11-15,25H,5-7,10H2,1-4H3;6-7,9-12,14,23,29H,4-5,8,13H2,1-3H3. The summed E-state index contributed by atoms with van der Waals surface area (Å²) >= 11 is 0. The fourth-order valence-electron chi connectivity index (χ4n) is 7.57. The van der Waals surface area contributed by atoms with Crippen molar-refractivity contribution >= 4 is 28.8 Å². The number of Topliss-reactive ketones (excluding diaryl/α,β-unsaturated/α-hetero) is 2. The molecule has 0 atom stereocenters. The van der Waals surface area contributed by atoms with Crippen LogP contribution >= 0.6 is 0 Å². The molecule has 0 spiro atoms. The first-order valence-corrected chi connectivity index (χ1v) is 22.3. The van der Waals surface area contributed by atoms with Crippen LogP contribution in [0.2, 0.25) is 0 Å². The third kappa shape index (κ3) is 12.1. The lowest BCUT2D eigenvalue weighted by Crippen LogP contribution is -2.39. The second-order valence-electron chi connectivity index (χ2n) is 17.8. The second kappa shape index (κ2) is 20.8. The van der Waals surface area contributed by atoms with Crippen LogP contribution < -0.4 is 28.4 Å². The molecule has 2 saturated carbocycles. The van der Waals surface area contributed by atoms with Crippen molar-refractivity contribution in [3.63, 3.8) is 0 Å². The van der Waals surface area contributed by atoms with E-state index in [1.165, 1.54) is 26.4 Å². The second-order valence-corrected chi connectivity index (χ2v) is 17.8. The fraction of sp³-hybridized carbons (Fsp3) is 0.420. The molecular weight excluding hydrogens is 909 g/mol. The van der Waals surface area contributed by atoms with E-state index in [9.17, 15) is 37.1 Å². The van der Waals surface area contributed by atoms with E-state index in [2.05, 4.69) is 9.97 Å². The van der Waals surface area contributed by atoms with Gasteiger partial charge in [0.15, 0.2) is 17.2 Å². The van der Waals surface area contributed by atoms with Crippen LogP contribution in [0.25, 0.3) is 33.8 Å². The van der Waals surface area contributed by atoms with Crippen molar-refractivity contribution in [1.29, 1.82) is 0 Å². The molecule has 8 rings (SSSR count). The smallest absolute Gasteiger partial charge is 0.387 e. The van der Waals surface area contributed by atoms with Crippen molar-refractivity contribution < 1.29 is 70.2 Å². The Hall–Kier alpha value is -6.89. The fourth-order valence-corrected chi connectivity index (χ4v) is 7.57. The Morgan fingerprint density at radius 2 is 1.10 bits per heavy atom. The van der Waals surface area contributed by atoms with Gasteiger partial charge >= 0.3 is 19.2 Å². The first kappa shape index (κ1) is 50.0. The van der Waals surface area contributed by atoms with Gasteiger partial charge in [0.2, 0.25) is 0 Å².